The average molecular weight is 572 g/mol. The van der Waals surface area contributed by atoms with Crippen molar-refractivity contribution in [2.24, 2.45) is 11.5 Å². The number of hydrogen-bond donors (Lipinski definition) is 9. The predicted octanol–water partition coefficient (Wildman–Crippen LogP) is -0.469. The van der Waals surface area contributed by atoms with Gasteiger partial charge in [0.2, 0.25) is 17.7 Å². The summed E-state index contributed by atoms with van der Waals surface area (Å²) in [5, 5.41) is 27.0. The molecule has 3 amide bonds. The maximum Gasteiger partial charge on any atom is 0.327 e. The van der Waals surface area contributed by atoms with Crippen LogP contribution >= 0.6 is 12.6 Å². The number of carbonyl (C=O) groups is 4. The molecule has 10 N–H and O–H groups in total. The summed E-state index contributed by atoms with van der Waals surface area (Å²) in [6.07, 6.45) is 0.857. The van der Waals surface area contributed by atoms with E-state index < -0.39 is 47.9 Å². The van der Waals surface area contributed by atoms with Crippen LogP contribution in [0, 0.1) is 5.41 Å². The molecule has 0 aliphatic heterocycles. The number of rotatable bonds is 16. The number of nitrogens with one attached hydrogen (secondary N) is 5. The quantitative estimate of drug-likeness (QED) is 0.0555. The fraction of sp³-hybridized carbons (Fsp3) is 0.370. The molecule has 0 fully saturated rings. The average Bonchev–Trinajstić information content (AvgIpc) is 2.93. The van der Waals surface area contributed by atoms with Crippen molar-refractivity contribution in [2.45, 2.75) is 49.9 Å². The number of carbonyl (C=O) groups excluding carboxylic acids is 3. The molecule has 12 nitrogen and oxygen atoms in total. The number of hydrogen-bond acceptors (Lipinski definition) is 7. The van der Waals surface area contributed by atoms with Gasteiger partial charge in [-0.05, 0) is 30.4 Å². The highest BCUT2D eigenvalue weighted by molar-refractivity contribution is 7.80. The first-order chi connectivity index (χ1) is 19.1. The number of guanidine groups is 1. The maximum atomic E-state index is 13.4. The van der Waals surface area contributed by atoms with Gasteiger partial charge in [0, 0.05) is 18.7 Å². The standard InChI is InChI=1S/C27H37N7O5S/c28-19(14-17-8-3-1-4-9-17)23(35)32-20(12-7-13-31-27(29)30)24(36)33-21(15-18-10-5-2-6-11-18)25(37)34-22(16-40)26(38)39/h1-6,8-11,19-22,40H,7,12-16,28H2,(H,32,35)(H,33,36)(H,34,37)(H,38,39)(H4,29,30,31)/t19-,20-,21-,22-/m0/s1. The smallest absolute Gasteiger partial charge is 0.327 e. The van der Waals surface area contributed by atoms with Gasteiger partial charge in [-0.1, -0.05) is 60.7 Å². The maximum absolute atomic E-state index is 13.4. The molecule has 0 saturated heterocycles. The third kappa shape index (κ3) is 11.3. The van der Waals surface area contributed by atoms with Crippen molar-refractivity contribution in [3.8, 4) is 0 Å². The van der Waals surface area contributed by atoms with E-state index in [0.29, 0.717) is 6.42 Å². The largest absolute Gasteiger partial charge is 0.480 e. The lowest BCUT2D eigenvalue weighted by Gasteiger charge is -2.25. The van der Waals surface area contributed by atoms with Crippen LogP contribution < -0.4 is 32.7 Å². The molecule has 0 aliphatic rings. The topological polar surface area (TPSA) is 213 Å². The van der Waals surface area contributed by atoms with E-state index in [1.54, 1.807) is 30.3 Å². The normalized spacial score (nSPS) is 13.7. The molecule has 216 valence electrons. The molecule has 2 aromatic rings. The van der Waals surface area contributed by atoms with Crippen molar-refractivity contribution in [1.82, 2.24) is 21.3 Å². The Morgan fingerprint density at radius 1 is 0.800 bits per heavy atom. The van der Waals surface area contributed by atoms with Crippen molar-refractivity contribution in [3.63, 3.8) is 0 Å². The second kappa shape index (κ2) is 16.8. The summed E-state index contributed by atoms with van der Waals surface area (Å²) in [4.78, 5) is 50.9. The molecule has 40 heavy (non-hydrogen) atoms. The van der Waals surface area contributed by atoms with E-state index in [-0.39, 0.29) is 37.5 Å². The van der Waals surface area contributed by atoms with Gasteiger partial charge < -0.3 is 37.8 Å². The molecule has 13 heteroatoms. The monoisotopic (exact) mass is 571 g/mol. The second-order valence-electron chi connectivity index (χ2n) is 9.17. The molecule has 0 saturated carbocycles. The molecular weight excluding hydrogens is 534 g/mol. The third-order valence-electron chi connectivity index (χ3n) is 5.97. The first kappa shape index (κ1) is 32.1. The molecule has 0 aliphatic carbocycles. The van der Waals surface area contributed by atoms with Gasteiger partial charge in [0.25, 0.3) is 0 Å². The van der Waals surface area contributed by atoms with Crippen LogP contribution in [-0.2, 0) is 32.0 Å². The van der Waals surface area contributed by atoms with E-state index in [2.05, 4.69) is 33.9 Å². The van der Waals surface area contributed by atoms with E-state index in [4.69, 9.17) is 16.9 Å². The van der Waals surface area contributed by atoms with Crippen molar-refractivity contribution in [2.75, 3.05) is 12.3 Å². The summed E-state index contributed by atoms with van der Waals surface area (Å²) in [6, 6.07) is 13.7. The molecule has 0 unspecified atom stereocenters. The Morgan fingerprint density at radius 3 is 1.82 bits per heavy atom. The van der Waals surface area contributed by atoms with E-state index in [1.165, 1.54) is 0 Å². The molecule has 2 rings (SSSR count). The van der Waals surface area contributed by atoms with E-state index in [9.17, 15) is 24.3 Å². The fourth-order valence-electron chi connectivity index (χ4n) is 3.83. The lowest BCUT2D eigenvalue weighted by molar-refractivity contribution is -0.141. The van der Waals surface area contributed by atoms with Crippen LogP contribution in [0.2, 0.25) is 0 Å². The lowest BCUT2D eigenvalue weighted by atomic mass is 10.0. The van der Waals surface area contributed by atoms with Crippen molar-refractivity contribution in [1.29, 1.82) is 5.41 Å². The van der Waals surface area contributed by atoms with Gasteiger partial charge in [0.05, 0.1) is 6.04 Å². The highest BCUT2D eigenvalue weighted by atomic mass is 32.1. The first-order valence-electron chi connectivity index (χ1n) is 12.8. The van der Waals surface area contributed by atoms with E-state index in [1.807, 2.05) is 30.3 Å². The molecular formula is C27H37N7O5S. The van der Waals surface area contributed by atoms with Gasteiger partial charge in [0.1, 0.15) is 18.1 Å². The van der Waals surface area contributed by atoms with Gasteiger partial charge in [-0.15, -0.1) is 0 Å². The number of thiol groups is 1. The number of aliphatic carboxylic acids is 1. The van der Waals surface area contributed by atoms with Crippen LogP contribution in [0.5, 0.6) is 0 Å². The Bertz CT molecular complexity index is 1140. The van der Waals surface area contributed by atoms with Gasteiger partial charge in [0.15, 0.2) is 5.96 Å². The van der Waals surface area contributed by atoms with Crippen molar-refractivity contribution in [3.05, 3.63) is 71.8 Å². The highest BCUT2D eigenvalue weighted by Gasteiger charge is 2.30. The highest BCUT2D eigenvalue weighted by Crippen LogP contribution is 2.07. The van der Waals surface area contributed by atoms with Gasteiger partial charge >= 0.3 is 5.97 Å². The van der Waals surface area contributed by atoms with Crippen LogP contribution in [0.3, 0.4) is 0 Å². The molecule has 0 bridgehead atoms. The van der Waals surface area contributed by atoms with Gasteiger partial charge in [-0.2, -0.15) is 12.6 Å². The van der Waals surface area contributed by atoms with Crippen LogP contribution in [0.15, 0.2) is 60.7 Å². The second-order valence-corrected chi connectivity index (χ2v) is 9.54. The van der Waals surface area contributed by atoms with Crippen molar-refractivity contribution < 1.29 is 24.3 Å². The summed E-state index contributed by atoms with van der Waals surface area (Å²) in [7, 11) is 0. The van der Waals surface area contributed by atoms with Crippen molar-refractivity contribution >= 4 is 42.3 Å². The summed E-state index contributed by atoms with van der Waals surface area (Å²) < 4.78 is 0. The Morgan fingerprint density at radius 2 is 1.30 bits per heavy atom. The van der Waals surface area contributed by atoms with E-state index in [0.717, 1.165) is 11.1 Å². The van der Waals surface area contributed by atoms with Gasteiger partial charge in [-0.25, -0.2) is 4.79 Å². The minimum absolute atomic E-state index is 0.0808. The summed E-state index contributed by atoms with van der Waals surface area (Å²) in [5.41, 5.74) is 13.0. The SMILES string of the molecule is N=C(N)NCCC[C@H](NC(=O)[C@@H](N)Cc1ccccc1)C(=O)N[C@@H](Cc1ccccc1)C(=O)N[C@@H](CS)C(=O)O. The molecule has 0 heterocycles. The summed E-state index contributed by atoms with van der Waals surface area (Å²) in [6.45, 7) is 0.279. The fourth-order valence-corrected chi connectivity index (χ4v) is 4.07. The Hall–Kier alpha value is -4.10. The minimum Gasteiger partial charge on any atom is -0.480 e. The van der Waals surface area contributed by atoms with Crippen LogP contribution in [0.4, 0.5) is 0 Å². The van der Waals surface area contributed by atoms with Crippen LogP contribution in [0.1, 0.15) is 24.0 Å². The van der Waals surface area contributed by atoms with Crippen LogP contribution in [-0.4, -0.2) is 71.2 Å². The zero-order valence-corrected chi connectivity index (χ0v) is 22.9. The summed E-state index contributed by atoms with van der Waals surface area (Å²) >= 11 is 3.98. The number of benzene rings is 2. The molecule has 4 atom stereocenters. The Balaban J connectivity index is 2.19. The molecule has 0 aromatic heterocycles. The zero-order valence-electron chi connectivity index (χ0n) is 22.0. The minimum atomic E-state index is -1.26. The summed E-state index contributed by atoms with van der Waals surface area (Å²) in [5.74, 6) is -3.53. The number of carboxylic acid groups (broad SMARTS) is 1. The van der Waals surface area contributed by atoms with E-state index >= 15 is 0 Å². The Kier molecular flexibility index (Phi) is 13.5. The lowest BCUT2D eigenvalue weighted by Crippen LogP contribution is -2.58. The molecule has 0 radical (unpaired) electrons. The zero-order chi connectivity index (χ0) is 29.5. The number of nitrogens with two attached hydrogens (primary N) is 2. The molecule has 0 spiro atoms. The van der Waals surface area contributed by atoms with Crippen LogP contribution in [0.25, 0.3) is 0 Å². The van der Waals surface area contributed by atoms with Gasteiger partial charge in [-0.3, -0.25) is 19.8 Å². The Labute approximate surface area is 238 Å². The molecule has 2 aromatic carbocycles. The third-order valence-corrected chi connectivity index (χ3v) is 6.33. The number of carboxylic acids is 1. The first-order valence-corrected chi connectivity index (χ1v) is 13.4. The predicted molar refractivity (Wildman–Crippen MR) is 155 cm³/mol. The number of amides is 3.